The fraction of sp³-hybridized carbons (Fsp3) is 0.0667. The SMILES string of the molecule is Nc1c(C(=O)c2ccccc2)sc2nc3c(c(-c4ccccc4)c12)CC/C3=C\c1ccccc1. The molecule has 0 spiro atoms. The van der Waals surface area contributed by atoms with Crippen LogP contribution in [0, 0.1) is 0 Å². The number of ketones is 1. The van der Waals surface area contributed by atoms with Crippen molar-refractivity contribution in [1.82, 2.24) is 4.98 Å². The predicted octanol–water partition coefficient (Wildman–Crippen LogP) is 7.26. The molecule has 0 aliphatic heterocycles. The van der Waals surface area contributed by atoms with Gasteiger partial charge in [0.25, 0.3) is 0 Å². The monoisotopic (exact) mass is 458 g/mol. The summed E-state index contributed by atoms with van der Waals surface area (Å²) in [5, 5.41) is 0.898. The van der Waals surface area contributed by atoms with Crippen molar-refractivity contribution in [2.45, 2.75) is 12.8 Å². The van der Waals surface area contributed by atoms with E-state index >= 15 is 0 Å². The van der Waals surface area contributed by atoms with Crippen LogP contribution in [0.25, 0.3) is 33.0 Å². The molecule has 0 amide bonds. The van der Waals surface area contributed by atoms with Crippen LogP contribution >= 0.6 is 11.3 Å². The van der Waals surface area contributed by atoms with Crippen molar-refractivity contribution < 1.29 is 4.79 Å². The highest BCUT2D eigenvalue weighted by Crippen LogP contribution is 2.47. The molecule has 34 heavy (non-hydrogen) atoms. The first-order valence-corrected chi connectivity index (χ1v) is 12.2. The lowest BCUT2D eigenvalue weighted by atomic mass is 9.95. The highest BCUT2D eigenvalue weighted by molar-refractivity contribution is 7.21. The maximum Gasteiger partial charge on any atom is 0.205 e. The zero-order chi connectivity index (χ0) is 23.1. The molecule has 2 N–H and O–H groups in total. The molecule has 2 aromatic heterocycles. The Kier molecular flexibility index (Phi) is 5.08. The maximum atomic E-state index is 13.3. The van der Waals surface area contributed by atoms with E-state index in [9.17, 15) is 4.79 Å². The Morgan fingerprint density at radius 2 is 1.50 bits per heavy atom. The van der Waals surface area contributed by atoms with Crippen LogP contribution in [0.1, 0.15) is 38.5 Å². The minimum Gasteiger partial charge on any atom is -0.397 e. The number of allylic oxidation sites excluding steroid dienone is 1. The van der Waals surface area contributed by atoms with Crippen LogP contribution in [0.4, 0.5) is 5.69 Å². The number of hydrogen-bond donors (Lipinski definition) is 1. The second-order valence-corrected chi connectivity index (χ2v) is 9.48. The van der Waals surface area contributed by atoms with E-state index in [1.807, 2.05) is 54.6 Å². The molecule has 5 aromatic rings. The van der Waals surface area contributed by atoms with Gasteiger partial charge in [-0.2, -0.15) is 0 Å². The first kappa shape index (κ1) is 20.6. The first-order valence-electron chi connectivity index (χ1n) is 11.4. The Balaban J connectivity index is 1.60. The second kappa shape index (κ2) is 8.40. The van der Waals surface area contributed by atoms with Gasteiger partial charge in [0.15, 0.2) is 0 Å². The van der Waals surface area contributed by atoms with Crippen molar-refractivity contribution in [3.8, 4) is 11.1 Å². The smallest absolute Gasteiger partial charge is 0.205 e. The number of fused-ring (bicyclic) bond motifs is 2. The number of nitrogen functional groups attached to an aromatic ring is 1. The number of nitrogens with two attached hydrogens (primary N) is 1. The molecule has 1 aliphatic rings. The topological polar surface area (TPSA) is 56.0 Å². The van der Waals surface area contributed by atoms with E-state index in [4.69, 9.17) is 10.7 Å². The molecule has 0 radical (unpaired) electrons. The van der Waals surface area contributed by atoms with Gasteiger partial charge in [0.2, 0.25) is 5.78 Å². The largest absolute Gasteiger partial charge is 0.397 e. The number of carbonyl (C=O) groups excluding carboxylic acids is 1. The number of nitrogens with zero attached hydrogens (tertiary/aromatic N) is 1. The molecular formula is C30H22N2OS. The van der Waals surface area contributed by atoms with Crippen LogP contribution in [-0.4, -0.2) is 10.8 Å². The normalized spacial score (nSPS) is 13.9. The average Bonchev–Trinajstić information content (AvgIpc) is 3.44. The van der Waals surface area contributed by atoms with Gasteiger partial charge in [0, 0.05) is 10.9 Å². The summed E-state index contributed by atoms with van der Waals surface area (Å²) in [5.74, 6) is -0.0553. The number of anilines is 1. The summed E-state index contributed by atoms with van der Waals surface area (Å²) >= 11 is 1.40. The molecule has 0 unspecified atom stereocenters. The molecule has 164 valence electrons. The van der Waals surface area contributed by atoms with Crippen LogP contribution in [-0.2, 0) is 6.42 Å². The second-order valence-electron chi connectivity index (χ2n) is 8.48. The Hall–Kier alpha value is -4.02. The van der Waals surface area contributed by atoms with Gasteiger partial charge in [-0.3, -0.25) is 4.79 Å². The fourth-order valence-corrected chi connectivity index (χ4v) is 5.85. The van der Waals surface area contributed by atoms with Crippen molar-refractivity contribution in [3.05, 3.63) is 118 Å². The maximum absolute atomic E-state index is 13.3. The van der Waals surface area contributed by atoms with E-state index in [0.717, 1.165) is 39.9 Å². The number of thiophene rings is 1. The van der Waals surface area contributed by atoms with E-state index in [2.05, 4.69) is 42.5 Å². The van der Waals surface area contributed by atoms with E-state index in [-0.39, 0.29) is 5.78 Å². The van der Waals surface area contributed by atoms with Gasteiger partial charge in [-0.1, -0.05) is 91.0 Å². The number of benzene rings is 3. The number of hydrogen-bond acceptors (Lipinski definition) is 4. The summed E-state index contributed by atoms with van der Waals surface area (Å²) in [6, 6.07) is 30.0. The number of rotatable bonds is 4. The lowest BCUT2D eigenvalue weighted by molar-refractivity contribution is 0.104. The van der Waals surface area contributed by atoms with Gasteiger partial charge in [0.05, 0.1) is 11.4 Å². The molecule has 0 saturated heterocycles. The van der Waals surface area contributed by atoms with Crippen molar-refractivity contribution in [3.63, 3.8) is 0 Å². The third kappa shape index (κ3) is 3.44. The summed E-state index contributed by atoms with van der Waals surface area (Å²) in [7, 11) is 0. The summed E-state index contributed by atoms with van der Waals surface area (Å²) in [6.45, 7) is 0. The standard InChI is InChI=1S/C30H22N2OS/c31-26-25-24(20-12-6-2-7-13-20)23-17-16-22(18-19-10-4-1-5-11-19)27(23)32-30(25)34-29(26)28(33)21-14-8-3-9-15-21/h1-15,18H,16-17,31H2/b22-18+. The third-order valence-electron chi connectivity index (χ3n) is 6.37. The van der Waals surface area contributed by atoms with Gasteiger partial charge in [-0.15, -0.1) is 11.3 Å². The molecule has 0 saturated carbocycles. The minimum absolute atomic E-state index is 0.0553. The van der Waals surface area contributed by atoms with Crippen LogP contribution in [0.15, 0.2) is 91.0 Å². The van der Waals surface area contributed by atoms with Crippen molar-refractivity contribution >= 4 is 44.7 Å². The molecule has 0 atom stereocenters. The number of aromatic nitrogens is 1. The van der Waals surface area contributed by atoms with Crippen LogP contribution in [0.3, 0.4) is 0 Å². The van der Waals surface area contributed by atoms with Crippen molar-refractivity contribution in [2.24, 2.45) is 0 Å². The Bertz CT molecular complexity index is 1550. The van der Waals surface area contributed by atoms with Crippen LogP contribution in [0.5, 0.6) is 0 Å². The van der Waals surface area contributed by atoms with Gasteiger partial charge >= 0.3 is 0 Å². The molecule has 2 heterocycles. The van der Waals surface area contributed by atoms with Crippen LogP contribution < -0.4 is 5.73 Å². The quantitative estimate of drug-likeness (QED) is 0.288. The molecule has 0 bridgehead atoms. The van der Waals surface area contributed by atoms with Gasteiger partial charge in [-0.05, 0) is 46.7 Å². The molecule has 3 nitrogen and oxygen atoms in total. The zero-order valence-electron chi connectivity index (χ0n) is 18.5. The minimum atomic E-state index is -0.0553. The lowest BCUT2D eigenvalue weighted by Crippen LogP contribution is -2.02. The van der Waals surface area contributed by atoms with Gasteiger partial charge in [-0.25, -0.2) is 4.98 Å². The highest BCUT2D eigenvalue weighted by Gasteiger charge is 2.28. The first-order chi connectivity index (χ1) is 16.7. The van der Waals surface area contributed by atoms with E-state index in [0.29, 0.717) is 16.1 Å². The number of carbonyl (C=O) groups is 1. The van der Waals surface area contributed by atoms with E-state index in [1.165, 1.54) is 28.0 Å². The summed E-state index contributed by atoms with van der Waals surface area (Å²) in [4.78, 5) is 19.8. The highest BCUT2D eigenvalue weighted by atomic mass is 32.1. The third-order valence-corrected chi connectivity index (χ3v) is 7.47. The molecular weight excluding hydrogens is 436 g/mol. The zero-order valence-corrected chi connectivity index (χ0v) is 19.3. The molecule has 3 aromatic carbocycles. The predicted molar refractivity (Wildman–Crippen MR) is 142 cm³/mol. The number of pyridine rings is 1. The van der Waals surface area contributed by atoms with Crippen LogP contribution in [0.2, 0.25) is 0 Å². The summed E-state index contributed by atoms with van der Waals surface area (Å²) < 4.78 is 0. The van der Waals surface area contributed by atoms with Crippen molar-refractivity contribution in [2.75, 3.05) is 5.73 Å². The Morgan fingerprint density at radius 1 is 0.853 bits per heavy atom. The average molecular weight is 459 g/mol. The van der Waals surface area contributed by atoms with Gasteiger partial charge in [0.1, 0.15) is 9.71 Å². The molecule has 4 heteroatoms. The van der Waals surface area contributed by atoms with Gasteiger partial charge < -0.3 is 5.73 Å². The molecule has 0 fully saturated rings. The summed E-state index contributed by atoms with van der Waals surface area (Å²) in [6.07, 6.45) is 4.06. The van der Waals surface area contributed by atoms with E-state index in [1.54, 1.807) is 0 Å². The fourth-order valence-electron chi connectivity index (χ4n) is 4.78. The summed E-state index contributed by atoms with van der Waals surface area (Å²) in [5.41, 5.74) is 14.7. The Morgan fingerprint density at radius 3 is 2.21 bits per heavy atom. The Labute approximate surface area is 202 Å². The molecule has 6 rings (SSSR count). The van der Waals surface area contributed by atoms with E-state index < -0.39 is 0 Å². The molecule has 1 aliphatic carbocycles. The lowest BCUT2D eigenvalue weighted by Gasteiger charge is -2.12. The van der Waals surface area contributed by atoms with Crippen molar-refractivity contribution in [1.29, 1.82) is 0 Å².